The van der Waals surface area contributed by atoms with Crippen molar-refractivity contribution in [2.75, 3.05) is 26.0 Å². The minimum Gasteiger partial charge on any atom is -0.494 e. The van der Waals surface area contributed by atoms with E-state index in [0.717, 1.165) is 31.1 Å². The zero-order valence-corrected chi connectivity index (χ0v) is 17.6. The van der Waals surface area contributed by atoms with Gasteiger partial charge in [0.15, 0.2) is 28.3 Å². The lowest BCUT2D eigenvalue weighted by Crippen LogP contribution is -2.21. The summed E-state index contributed by atoms with van der Waals surface area (Å²) in [6, 6.07) is 14.1. The van der Waals surface area contributed by atoms with Gasteiger partial charge in [-0.1, -0.05) is 30.0 Å². The fourth-order valence-corrected chi connectivity index (χ4v) is 4.39. The SMILES string of the molecule is COc1ccc(C(=O)CSc2nnc(CN3CCCC3)n2-c2ccccc2)cc1F. The van der Waals surface area contributed by atoms with E-state index in [2.05, 4.69) is 15.1 Å². The molecule has 0 aliphatic carbocycles. The van der Waals surface area contributed by atoms with Crippen molar-refractivity contribution >= 4 is 17.5 Å². The number of aromatic nitrogens is 3. The first-order valence-electron chi connectivity index (χ1n) is 9.87. The molecule has 0 amide bonds. The third kappa shape index (κ3) is 4.55. The smallest absolute Gasteiger partial charge is 0.196 e. The summed E-state index contributed by atoms with van der Waals surface area (Å²) in [7, 11) is 1.39. The van der Waals surface area contributed by atoms with Crippen LogP contribution in [0.1, 0.15) is 29.0 Å². The van der Waals surface area contributed by atoms with Crippen molar-refractivity contribution < 1.29 is 13.9 Å². The predicted molar refractivity (Wildman–Crippen MR) is 114 cm³/mol. The number of Topliss-reactive ketones (excluding diaryl/α,β-unsaturated/α-hetero) is 1. The Labute approximate surface area is 179 Å². The lowest BCUT2D eigenvalue weighted by atomic mass is 10.1. The van der Waals surface area contributed by atoms with Crippen LogP contribution in [0.4, 0.5) is 4.39 Å². The van der Waals surface area contributed by atoms with E-state index in [4.69, 9.17) is 4.74 Å². The Bertz CT molecular complexity index is 1020. The van der Waals surface area contributed by atoms with E-state index in [1.54, 1.807) is 6.07 Å². The number of para-hydroxylation sites is 1. The average molecular weight is 427 g/mol. The van der Waals surface area contributed by atoms with Crippen LogP contribution >= 0.6 is 11.8 Å². The largest absolute Gasteiger partial charge is 0.494 e. The fraction of sp³-hybridized carbons (Fsp3) is 0.318. The molecule has 1 fully saturated rings. The van der Waals surface area contributed by atoms with Crippen LogP contribution in [-0.4, -0.2) is 51.4 Å². The van der Waals surface area contributed by atoms with Crippen molar-refractivity contribution in [1.82, 2.24) is 19.7 Å². The Morgan fingerprint density at radius 3 is 2.60 bits per heavy atom. The van der Waals surface area contributed by atoms with Gasteiger partial charge in [-0.2, -0.15) is 0 Å². The number of nitrogens with zero attached hydrogens (tertiary/aromatic N) is 4. The van der Waals surface area contributed by atoms with Gasteiger partial charge in [0.1, 0.15) is 0 Å². The molecule has 2 aromatic carbocycles. The van der Waals surface area contributed by atoms with E-state index < -0.39 is 5.82 Å². The molecule has 1 saturated heterocycles. The summed E-state index contributed by atoms with van der Waals surface area (Å²) >= 11 is 1.31. The molecule has 156 valence electrons. The number of benzene rings is 2. The average Bonchev–Trinajstić information content (AvgIpc) is 3.43. The standard InChI is InChI=1S/C22H23FN4O2S/c1-29-20-10-9-16(13-18(20)23)19(28)15-30-22-25-24-21(14-26-11-5-6-12-26)27(22)17-7-3-2-4-8-17/h2-4,7-10,13H,5-6,11-12,14-15H2,1H3. The van der Waals surface area contributed by atoms with E-state index in [1.165, 1.54) is 43.8 Å². The van der Waals surface area contributed by atoms with Crippen LogP contribution < -0.4 is 4.74 Å². The molecule has 0 bridgehead atoms. The molecule has 1 aliphatic rings. The highest BCUT2D eigenvalue weighted by molar-refractivity contribution is 7.99. The van der Waals surface area contributed by atoms with Crippen LogP contribution in [0, 0.1) is 5.82 Å². The summed E-state index contributed by atoms with van der Waals surface area (Å²) in [5.41, 5.74) is 1.27. The van der Waals surface area contributed by atoms with Gasteiger partial charge < -0.3 is 4.74 Å². The van der Waals surface area contributed by atoms with Crippen LogP contribution in [-0.2, 0) is 6.54 Å². The Morgan fingerprint density at radius 2 is 1.90 bits per heavy atom. The highest BCUT2D eigenvalue weighted by Gasteiger charge is 2.20. The molecule has 0 spiro atoms. The molecule has 6 nitrogen and oxygen atoms in total. The first-order valence-corrected chi connectivity index (χ1v) is 10.9. The van der Waals surface area contributed by atoms with E-state index in [0.29, 0.717) is 10.7 Å². The molecule has 30 heavy (non-hydrogen) atoms. The van der Waals surface area contributed by atoms with Crippen LogP contribution in [0.15, 0.2) is 53.7 Å². The van der Waals surface area contributed by atoms with Gasteiger partial charge in [0.05, 0.1) is 19.4 Å². The molecule has 2 heterocycles. The first kappa shape index (κ1) is 20.6. The third-order valence-corrected chi connectivity index (χ3v) is 6.01. The maximum Gasteiger partial charge on any atom is 0.196 e. The number of hydrogen-bond acceptors (Lipinski definition) is 6. The normalized spacial score (nSPS) is 14.2. The Hall–Kier alpha value is -2.71. The summed E-state index contributed by atoms with van der Waals surface area (Å²) in [6.45, 7) is 2.84. The molecule has 4 rings (SSSR count). The predicted octanol–water partition coefficient (Wildman–Crippen LogP) is 3.99. The Morgan fingerprint density at radius 1 is 1.13 bits per heavy atom. The molecule has 0 unspecified atom stereocenters. The van der Waals surface area contributed by atoms with Crippen molar-refractivity contribution in [1.29, 1.82) is 0 Å². The molecular weight excluding hydrogens is 403 g/mol. The molecular formula is C22H23FN4O2S. The summed E-state index contributed by atoms with van der Waals surface area (Å²) in [6.07, 6.45) is 2.40. The number of hydrogen-bond donors (Lipinski definition) is 0. The zero-order valence-electron chi connectivity index (χ0n) is 16.8. The van der Waals surface area contributed by atoms with Gasteiger partial charge in [-0.15, -0.1) is 10.2 Å². The van der Waals surface area contributed by atoms with Gasteiger partial charge in [0.2, 0.25) is 0 Å². The van der Waals surface area contributed by atoms with Crippen LogP contribution in [0.25, 0.3) is 5.69 Å². The Balaban J connectivity index is 1.54. The number of halogens is 1. The van der Waals surface area contributed by atoms with E-state index in [-0.39, 0.29) is 17.3 Å². The monoisotopic (exact) mass is 426 g/mol. The summed E-state index contributed by atoms with van der Waals surface area (Å²) in [4.78, 5) is 15.0. The number of carbonyl (C=O) groups excluding carboxylic acids is 1. The molecule has 1 aliphatic heterocycles. The highest BCUT2D eigenvalue weighted by Crippen LogP contribution is 2.25. The van der Waals surface area contributed by atoms with Crippen molar-refractivity contribution in [3.05, 3.63) is 65.7 Å². The second kappa shape index (κ2) is 9.40. The van der Waals surface area contributed by atoms with E-state index >= 15 is 0 Å². The summed E-state index contributed by atoms with van der Waals surface area (Å²) in [5.74, 6) is 0.391. The van der Waals surface area contributed by atoms with E-state index in [9.17, 15) is 9.18 Å². The van der Waals surface area contributed by atoms with E-state index in [1.807, 2.05) is 34.9 Å². The van der Waals surface area contributed by atoms with Gasteiger partial charge in [0.25, 0.3) is 0 Å². The fourth-order valence-electron chi connectivity index (χ4n) is 3.53. The molecule has 1 aromatic heterocycles. The number of carbonyl (C=O) groups is 1. The summed E-state index contributed by atoms with van der Waals surface area (Å²) < 4.78 is 20.9. The van der Waals surface area contributed by atoms with Crippen molar-refractivity contribution in [3.8, 4) is 11.4 Å². The van der Waals surface area contributed by atoms with Crippen LogP contribution in [0.2, 0.25) is 0 Å². The lowest BCUT2D eigenvalue weighted by Gasteiger charge is -2.15. The summed E-state index contributed by atoms with van der Waals surface area (Å²) in [5, 5.41) is 9.40. The molecule has 8 heteroatoms. The van der Waals surface area contributed by atoms with Crippen LogP contribution in [0.3, 0.4) is 0 Å². The minimum absolute atomic E-state index is 0.120. The molecule has 0 saturated carbocycles. The van der Waals surface area contributed by atoms with Gasteiger partial charge in [-0.3, -0.25) is 14.3 Å². The zero-order chi connectivity index (χ0) is 20.9. The molecule has 3 aromatic rings. The second-order valence-electron chi connectivity index (χ2n) is 7.11. The van der Waals surface area contributed by atoms with Gasteiger partial charge >= 0.3 is 0 Å². The van der Waals surface area contributed by atoms with Crippen LogP contribution in [0.5, 0.6) is 5.75 Å². The number of thioether (sulfide) groups is 1. The number of rotatable bonds is 8. The van der Waals surface area contributed by atoms with Crippen molar-refractivity contribution in [2.45, 2.75) is 24.5 Å². The number of methoxy groups -OCH3 is 1. The van der Waals surface area contributed by atoms with Gasteiger partial charge in [-0.25, -0.2) is 4.39 Å². The Kier molecular flexibility index (Phi) is 6.44. The van der Waals surface area contributed by atoms with Gasteiger partial charge in [-0.05, 0) is 56.3 Å². The van der Waals surface area contributed by atoms with Gasteiger partial charge in [0, 0.05) is 11.3 Å². The second-order valence-corrected chi connectivity index (χ2v) is 8.06. The molecule has 0 atom stereocenters. The highest BCUT2D eigenvalue weighted by atomic mass is 32.2. The number of ketones is 1. The first-order chi connectivity index (χ1) is 14.7. The maximum atomic E-state index is 13.9. The topological polar surface area (TPSA) is 60.2 Å². The third-order valence-electron chi connectivity index (χ3n) is 5.08. The maximum absolute atomic E-state index is 13.9. The van der Waals surface area contributed by atoms with Crippen molar-refractivity contribution in [3.63, 3.8) is 0 Å². The molecule has 0 N–H and O–H groups in total. The minimum atomic E-state index is -0.547. The van der Waals surface area contributed by atoms with Crippen molar-refractivity contribution in [2.24, 2.45) is 0 Å². The number of likely N-dealkylation sites (tertiary alicyclic amines) is 1. The molecule has 0 radical (unpaired) electrons. The quantitative estimate of drug-likeness (QED) is 0.401. The lowest BCUT2D eigenvalue weighted by molar-refractivity contribution is 0.102. The number of ether oxygens (including phenoxy) is 1.